The van der Waals surface area contributed by atoms with Crippen LogP contribution in [0.15, 0.2) is 53.9 Å². The Labute approximate surface area is 148 Å². The van der Waals surface area contributed by atoms with Crippen molar-refractivity contribution in [3.8, 4) is 11.1 Å². The first-order chi connectivity index (χ1) is 11.0. The highest BCUT2D eigenvalue weighted by Crippen LogP contribution is 2.32. The third-order valence-electron chi connectivity index (χ3n) is 3.42. The van der Waals surface area contributed by atoms with Gasteiger partial charge < -0.3 is 5.32 Å². The highest BCUT2D eigenvalue weighted by molar-refractivity contribution is 7.12. The standard InChI is InChI=1S/C18H13Cl2NOS/c1-11-6-7-23-17(11)18(22)21-16-5-3-2-4-15(16)12-8-13(19)10-14(20)9-12/h2-10H,1H3,(H,21,22). The number of halogens is 2. The van der Waals surface area contributed by atoms with Gasteiger partial charge >= 0.3 is 0 Å². The molecular weight excluding hydrogens is 349 g/mol. The number of amides is 1. The van der Waals surface area contributed by atoms with Gasteiger partial charge in [-0.3, -0.25) is 4.79 Å². The molecule has 0 saturated carbocycles. The highest BCUT2D eigenvalue weighted by Gasteiger charge is 2.13. The largest absolute Gasteiger partial charge is 0.321 e. The van der Waals surface area contributed by atoms with Gasteiger partial charge in [0.05, 0.1) is 4.88 Å². The van der Waals surface area contributed by atoms with Gasteiger partial charge in [0, 0.05) is 21.3 Å². The summed E-state index contributed by atoms with van der Waals surface area (Å²) in [4.78, 5) is 13.2. The lowest BCUT2D eigenvalue weighted by molar-refractivity contribution is 0.103. The number of hydrogen-bond acceptors (Lipinski definition) is 2. The Morgan fingerprint density at radius 1 is 1.04 bits per heavy atom. The fourth-order valence-corrected chi connectivity index (χ4v) is 3.68. The number of hydrogen-bond donors (Lipinski definition) is 1. The quantitative estimate of drug-likeness (QED) is 0.583. The smallest absolute Gasteiger partial charge is 0.266 e. The maximum absolute atomic E-state index is 12.5. The molecule has 3 aromatic rings. The van der Waals surface area contributed by atoms with Crippen molar-refractivity contribution >= 4 is 46.1 Å². The van der Waals surface area contributed by atoms with Gasteiger partial charge in [-0.15, -0.1) is 11.3 Å². The Morgan fingerprint density at radius 2 is 1.74 bits per heavy atom. The van der Waals surface area contributed by atoms with E-state index in [-0.39, 0.29) is 5.91 Å². The monoisotopic (exact) mass is 361 g/mol. The van der Waals surface area contributed by atoms with E-state index in [1.54, 1.807) is 6.07 Å². The second-order valence-corrected chi connectivity index (χ2v) is 6.88. The van der Waals surface area contributed by atoms with Crippen LogP contribution in [0.2, 0.25) is 10.0 Å². The van der Waals surface area contributed by atoms with Crippen LogP contribution in [-0.2, 0) is 0 Å². The minimum atomic E-state index is -0.113. The molecule has 2 nitrogen and oxygen atoms in total. The van der Waals surface area contributed by atoms with Gasteiger partial charge in [-0.1, -0.05) is 41.4 Å². The summed E-state index contributed by atoms with van der Waals surface area (Å²) in [6, 6.07) is 14.9. The molecule has 0 bridgehead atoms. The number of carbonyl (C=O) groups excluding carboxylic acids is 1. The van der Waals surface area contributed by atoms with Crippen molar-refractivity contribution in [2.75, 3.05) is 5.32 Å². The van der Waals surface area contributed by atoms with Crippen LogP contribution < -0.4 is 5.32 Å². The van der Waals surface area contributed by atoms with Gasteiger partial charge in [-0.05, 0) is 53.8 Å². The maximum Gasteiger partial charge on any atom is 0.266 e. The Balaban J connectivity index is 1.98. The second kappa shape index (κ2) is 6.75. The van der Waals surface area contributed by atoms with Gasteiger partial charge in [0.15, 0.2) is 0 Å². The lowest BCUT2D eigenvalue weighted by Gasteiger charge is -2.12. The van der Waals surface area contributed by atoms with E-state index in [9.17, 15) is 4.79 Å². The first kappa shape index (κ1) is 16.1. The van der Waals surface area contributed by atoms with Crippen molar-refractivity contribution < 1.29 is 4.79 Å². The van der Waals surface area contributed by atoms with Gasteiger partial charge in [0.25, 0.3) is 5.91 Å². The fraction of sp³-hybridized carbons (Fsp3) is 0.0556. The van der Waals surface area contributed by atoms with E-state index in [4.69, 9.17) is 23.2 Å². The molecule has 0 spiro atoms. The number of anilines is 1. The van der Waals surface area contributed by atoms with E-state index in [0.717, 1.165) is 22.4 Å². The molecule has 2 aromatic carbocycles. The number of benzene rings is 2. The SMILES string of the molecule is Cc1ccsc1C(=O)Nc1ccccc1-c1cc(Cl)cc(Cl)c1. The predicted octanol–water partition coefficient (Wildman–Crippen LogP) is 6.28. The molecule has 1 amide bonds. The zero-order chi connectivity index (χ0) is 16.4. The fourth-order valence-electron chi connectivity index (χ4n) is 2.34. The second-order valence-electron chi connectivity index (χ2n) is 5.09. The normalized spacial score (nSPS) is 10.6. The van der Waals surface area contributed by atoms with E-state index in [1.165, 1.54) is 11.3 Å². The Hall–Kier alpha value is -1.81. The van der Waals surface area contributed by atoms with Crippen LogP contribution in [0, 0.1) is 6.92 Å². The molecule has 0 fully saturated rings. The molecule has 23 heavy (non-hydrogen) atoms. The van der Waals surface area contributed by atoms with Gasteiger partial charge in [-0.25, -0.2) is 0 Å². The van der Waals surface area contributed by atoms with E-state index in [0.29, 0.717) is 14.9 Å². The van der Waals surface area contributed by atoms with Crippen LogP contribution in [0.5, 0.6) is 0 Å². The summed E-state index contributed by atoms with van der Waals surface area (Å²) in [5.74, 6) is -0.113. The lowest BCUT2D eigenvalue weighted by Crippen LogP contribution is -2.12. The molecule has 1 heterocycles. The summed E-state index contributed by atoms with van der Waals surface area (Å²) in [6.45, 7) is 1.92. The molecular formula is C18H13Cl2NOS. The topological polar surface area (TPSA) is 29.1 Å². The molecule has 0 aliphatic carbocycles. The van der Waals surface area contributed by atoms with Crippen molar-refractivity contribution in [3.05, 3.63) is 74.4 Å². The number of carbonyl (C=O) groups is 1. The molecule has 0 saturated heterocycles. The molecule has 1 N–H and O–H groups in total. The van der Waals surface area contributed by atoms with Gasteiger partial charge in [0.1, 0.15) is 0 Å². The average molecular weight is 362 g/mol. The van der Waals surface area contributed by atoms with Gasteiger partial charge in [0.2, 0.25) is 0 Å². The minimum absolute atomic E-state index is 0.113. The van der Waals surface area contributed by atoms with E-state index < -0.39 is 0 Å². The number of nitrogens with one attached hydrogen (secondary N) is 1. The molecule has 3 rings (SSSR count). The van der Waals surface area contributed by atoms with Crippen molar-refractivity contribution in [2.45, 2.75) is 6.92 Å². The van der Waals surface area contributed by atoms with Crippen molar-refractivity contribution in [2.24, 2.45) is 0 Å². The zero-order valence-corrected chi connectivity index (χ0v) is 14.6. The van der Waals surface area contributed by atoms with Crippen LogP contribution in [0.4, 0.5) is 5.69 Å². The van der Waals surface area contributed by atoms with Crippen LogP contribution in [0.25, 0.3) is 11.1 Å². The zero-order valence-electron chi connectivity index (χ0n) is 12.3. The summed E-state index contributed by atoms with van der Waals surface area (Å²) in [5, 5.41) is 6.00. The van der Waals surface area contributed by atoms with Crippen LogP contribution in [0.3, 0.4) is 0 Å². The Morgan fingerprint density at radius 3 is 2.39 bits per heavy atom. The van der Waals surface area contributed by atoms with Crippen molar-refractivity contribution in [1.29, 1.82) is 0 Å². The molecule has 0 aliphatic heterocycles. The summed E-state index contributed by atoms with van der Waals surface area (Å²) in [6.07, 6.45) is 0. The van der Waals surface area contributed by atoms with Crippen LogP contribution in [-0.4, -0.2) is 5.91 Å². The summed E-state index contributed by atoms with van der Waals surface area (Å²) >= 11 is 13.6. The third kappa shape index (κ3) is 3.58. The summed E-state index contributed by atoms with van der Waals surface area (Å²) < 4.78 is 0. The third-order valence-corrected chi connectivity index (χ3v) is 4.87. The predicted molar refractivity (Wildman–Crippen MR) is 98.9 cm³/mol. The maximum atomic E-state index is 12.5. The minimum Gasteiger partial charge on any atom is -0.321 e. The number of aryl methyl sites for hydroxylation is 1. The molecule has 0 unspecified atom stereocenters. The summed E-state index contributed by atoms with van der Waals surface area (Å²) in [7, 11) is 0. The Bertz CT molecular complexity index is 853. The van der Waals surface area contributed by atoms with E-state index >= 15 is 0 Å². The van der Waals surface area contributed by atoms with Gasteiger partial charge in [-0.2, -0.15) is 0 Å². The lowest BCUT2D eigenvalue weighted by atomic mass is 10.0. The molecule has 0 atom stereocenters. The summed E-state index contributed by atoms with van der Waals surface area (Å²) in [5.41, 5.74) is 3.43. The van der Waals surface area contributed by atoms with Crippen molar-refractivity contribution in [1.82, 2.24) is 0 Å². The molecule has 0 aliphatic rings. The van der Waals surface area contributed by atoms with E-state index in [1.807, 2.05) is 54.8 Å². The Kier molecular flexibility index (Phi) is 4.71. The number of para-hydroxylation sites is 1. The number of thiophene rings is 1. The first-order valence-corrected chi connectivity index (χ1v) is 8.59. The average Bonchev–Trinajstić information content (AvgIpc) is 2.93. The first-order valence-electron chi connectivity index (χ1n) is 6.95. The highest BCUT2D eigenvalue weighted by atomic mass is 35.5. The molecule has 0 radical (unpaired) electrons. The van der Waals surface area contributed by atoms with E-state index in [2.05, 4.69) is 5.32 Å². The number of rotatable bonds is 3. The molecule has 1 aromatic heterocycles. The molecule has 116 valence electrons. The molecule has 5 heteroatoms. The van der Waals surface area contributed by atoms with Crippen molar-refractivity contribution in [3.63, 3.8) is 0 Å². The van der Waals surface area contributed by atoms with Crippen LogP contribution >= 0.6 is 34.5 Å². The van der Waals surface area contributed by atoms with Crippen LogP contribution in [0.1, 0.15) is 15.2 Å².